The summed E-state index contributed by atoms with van der Waals surface area (Å²) in [5.41, 5.74) is 0. The minimum atomic E-state index is 0.352. The first-order valence-corrected chi connectivity index (χ1v) is 2.17. The Morgan fingerprint density at radius 3 is 2.17 bits per heavy atom. The zero-order valence-corrected chi connectivity index (χ0v) is 4.06. The first kappa shape index (κ1) is 4.09. The third-order valence-electron chi connectivity index (χ3n) is 0.996. The smallest absolute Gasteiger partial charge is 0.134 e. The van der Waals surface area contributed by atoms with Crippen LogP contribution in [0.1, 0.15) is 6.92 Å². The molecule has 0 radical (unpaired) electrons. The van der Waals surface area contributed by atoms with Gasteiger partial charge in [0.05, 0.1) is 6.10 Å². The van der Waals surface area contributed by atoms with Crippen molar-refractivity contribution < 1.29 is 4.74 Å². The predicted molar refractivity (Wildman–Crippen MR) is 23.4 cm³/mol. The van der Waals surface area contributed by atoms with Gasteiger partial charge in [-0.2, -0.15) is 0 Å². The quantitative estimate of drug-likeness (QED) is 0.453. The molecule has 1 rings (SSSR count). The Labute approximate surface area is 37.5 Å². The number of hydrogen-bond donors (Lipinski definition) is 1. The molecule has 1 aliphatic rings. The molecule has 2 nitrogen and oxygen atoms in total. The first-order chi connectivity index (χ1) is 2.84. The van der Waals surface area contributed by atoms with E-state index in [1.165, 1.54) is 0 Å². The highest BCUT2D eigenvalue weighted by atomic mass is 16.6. The molecule has 0 aliphatic carbocycles. The monoisotopic (exact) mass is 87.1 g/mol. The van der Waals surface area contributed by atoms with Crippen molar-refractivity contribution in [3.63, 3.8) is 0 Å². The average Bonchev–Trinajstić information content (AvgIpc) is 2.19. The number of nitrogens with one attached hydrogen (secondary N) is 1. The molecule has 1 saturated heterocycles. The molecule has 1 N–H and O–H groups in total. The van der Waals surface area contributed by atoms with Gasteiger partial charge in [0.25, 0.3) is 0 Å². The Morgan fingerprint density at radius 1 is 1.67 bits per heavy atom. The van der Waals surface area contributed by atoms with Crippen LogP contribution in [-0.2, 0) is 4.74 Å². The van der Waals surface area contributed by atoms with Crippen LogP contribution >= 0.6 is 0 Å². The Hall–Kier alpha value is -0.0800. The summed E-state index contributed by atoms with van der Waals surface area (Å²) in [6, 6.07) is 0. The van der Waals surface area contributed by atoms with Crippen molar-refractivity contribution in [2.75, 3.05) is 7.05 Å². The van der Waals surface area contributed by atoms with Gasteiger partial charge in [-0.25, -0.2) is 0 Å². The topological polar surface area (TPSA) is 24.6 Å². The Morgan fingerprint density at radius 2 is 2.17 bits per heavy atom. The van der Waals surface area contributed by atoms with Gasteiger partial charge in [0.1, 0.15) is 6.23 Å². The molecule has 0 aromatic heterocycles. The molecule has 0 spiro atoms. The van der Waals surface area contributed by atoms with Crippen molar-refractivity contribution in [1.82, 2.24) is 5.32 Å². The highest BCUT2D eigenvalue weighted by molar-refractivity contribution is 4.74. The summed E-state index contributed by atoms with van der Waals surface area (Å²) in [5.74, 6) is 0. The molecule has 0 bridgehead atoms. The van der Waals surface area contributed by atoms with E-state index < -0.39 is 0 Å². The van der Waals surface area contributed by atoms with Gasteiger partial charge in [-0.05, 0) is 14.0 Å². The van der Waals surface area contributed by atoms with Gasteiger partial charge < -0.3 is 4.74 Å². The number of rotatable bonds is 1. The molecule has 1 heterocycles. The molecule has 1 fully saturated rings. The van der Waals surface area contributed by atoms with Gasteiger partial charge >= 0.3 is 0 Å². The van der Waals surface area contributed by atoms with E-state index in [0.29, 0.717) is 12.3 Å². The molecule has 6 heavy (non-hydrogen) atoms. The Kier molecular flexibility index (Phi) is 0.821. The van der Waals surface area contributed by atoms with Crippen molar-refractivity contribution in [2.24, 2.45) is 0 Å². The summed E-state index contributed by atoms with van der Waals surface area (Å²) >= 11 is 0. The summed E-state index contributed by atoms with van der Waals surface area (Å²) in [6.07, 6.45) is 0.806. The largest absolute Gasteiger partial charge is 0.354 e. The van der Waals surface area contributed by atoms with Gasteiger partial charge in [0.15, 0.2) is 0 Å². The van der Waals surface area contributed by atoms with Gasteiger partial charge in [-0.3, -0.25) is 5.32 Å². The molecule has 0 aromatic carbocycles. The van der Waals surface area contributed by atoms with Crippen molar-refractivity contribution in [3.8, 4) is 0 Å². The summed E-state index contributed by atoms with van der Waals surface area (Å²) in [4.78, 5) is 0. The minimum Gasteiger partial charge on any atom is -0.354 e. The molecule has 36 valence electrons. The van der Waals surface area contributed by atoms with E-state index in [1.54, 1.807) is 0 Å². The SMILES string of the molecule is CN[C@H]1O[C@H]1C. The maximum absolute atomic E-state index is 4.95. The molecular weight excluding hydrogens is 78.0 g/mol. The lowest BCUT2D eigenvalue weighted by Crippen LogP contribution is -2.11. The third-order valence-corrected chi connectivity index (χ3v) is 0.996. The van der Waals surface area contributed by atoms with Crippen molar-refractivity contribution in [1.29, 1.82) is 0 Å². The Bertz CT molecular complexity index is 53.5. The second-order valence-electron chi connectivity index (χ2n) is 1.55. The minimum absolute atomic E-state index is 0.352. The van der Waals surface area contributed by atoms with E-state index in [-0.39, 0.29) is 0 Å². The normalized spacial score (nSPS) is 43.0. The van der Waals surface area contributed by atoms with Crippen LogP contribution in [0.5, 0.6) is 0 Å². The van der Waals surface area contributed by atoms with E-state index in [0.717, 1.165) is 0 Å². The summed E-state index contributed by atoms with van der Waals surface area (Å²) in [5, 5.41) is 2.97. The summed E-state index contributed by atoms with van der Waals surface area (Å²) in [6.45, 7) is 2.04. The van der Waals surface area contributed by atoms with Crippen LogP contribution in [0.25, 0.3) is 0 Å². The fourth-order valence-electron chi connectivity index (χ4n) is 0.489. The van der Waals surface area contributed by atoms with E-state index in [2.05, 4.69) is 5.32 Å². The third kappa shape index (κ3) is 0.533. The molecule has 0 saturated carbocycles. The first-order valence-electron chi connectivity index (χ1n) is 2.17. The van der Waals surface area contributed by atoms with Gasteiger partial charge in [-0.15, -0.1) is 0 Å². The molecular formula is C4H9NO. The second kappa shape index (κ2) is 1.21. The van der Waals surface area contributed by atoms with Crippen LogP contribution in [0.4, 0.5) is 0 Å². The van der Waals surface area contributed by atoms with E-state index in [9.17, 15) is 0 Å². The number of epoxide rings is 1. The van der Waals surface area contributed by atoms with Crippen LogP contribution in [0.15, 0.2) is 0 Å². The van der Waals surface area contributed by atoms with Crippen LogP contribution in [0.2, 0.25) is 0 Å². The van der Waals surface area contributed by atoms with Crippen molar-refractivity contribution in [2.45, 2.75) is 19.3 Å². The lowest BCUT2D eigenvalue weighted by Gasteiger charge is -1.79. The highest BCUT2D eigenvalue weighted by Gasteiger charge is 2.31. The van der Waals surface area contributed by atoms with Crippen LogP contribution in [-0.4, -0.2) is 19.4 Å². The molecule has 2 heteroatoms. The summed E-state index contributed by atoms with van der Waals surface area (Å²) < 4.78 is 4.95. The fourth-order valence-corrected chi connectivity index (χ4v) is 0.489. The Balaban J connectivity index is 2.09. The maximum Gasteiger partial charge on any atom is 0.134 e. The van der Waals surface area contributed by atoms with E-state index in [1.807, 2.05) is 14.0 Å². The van der Waals surface area contributed by atoms with Gasteiger partial charge in [0.2, 0.25) is 0 Å². The average molecular weight is 87.1 g/mol. The molecule has 0 amide bonds. The number of hydrogen-bond acceptors (Lipinski definition) is 2. The second-order valence-corrected chi connectivity index (χ2v) is 1.55. The van der Waals surface area contributed by atoms with E-state index >= 15 is 0 Å². The molecule has 1 aliphatic heterocycles. The molecule has 0 unspecified atom stereocenters. The molecule has 2 atom stereocenters. The zero-order valence-electron chi connectivity index (χ0n) is 4.06. The number of ether oxygens (including phenoxy) is 1. The van der Waals surface area contributed by atoms with Crippen LogP contribution in [0.3, 0.4) is 0 Å². The maximum atomic E-state index is 4.95. The van der Waals surface area contributed by atoms with Crippen molar-refractivity contribution in [3.05, 3.63) is 0 Å². The lowest BCUT2D eigenvalue weighted by molar-refractivity contribution is 0.361. The molecule has 0 aromatic rings. The predicted octanol–water partition coefficient (Wildman–Crippen LogP) is -0.0494. The lowest BCUT2D eigenvalue weighted by atomic mass is 10.5. The van der Waals surface area contributed by atoms with E-state index in [4.69, 9.17) is 4.74 Å². The fraction of sp³-hybridized carbons (Fsp3) is 1.00. The van der Waals surface area contributed by atoms with Crippen LogP contribution < -0.4 is 5.32 Å². The highest BCUT2D eigenvalue weighted by Crippen LogP contribution is 2.15. The van der Waals surface area contributed by atoms with Crippen molar-refractivity contribution >= 4 is 0 Å². The standard InChI is InChI=1S/C4H9NO/c1-3-4(5-2)6-3/h3-5H,1-2H3/t3-,4-/m0/s1. The summed E-state index contributed by atoms with van der Waals surface area (Å²) in [7, 11) is 1.90. The van der Waals surface area contributed by atoms with Gasteiger partial charge in [0, 0.05) is 0 Å². The zero-order chi connectivity index (χ0) is 4.57. The number of likely N-dealkylation sites (N-methyl/N-ethyl adjacent to an activating group) is 1. The van der Waals surface area contributed by atoms with Crippen LogP contribution in [0, 0.1) is 0 Å². The van der Waals surface area contributed by atoms with Gasteiger partial charge in [-0.1, -0.05) is 0 Å².